The van der Waals surface area contributed by atoms with E-state index in [1.165, 1.54) is 14.2 Å². The van der Waals surface area contributed by atoms with Crippen LogP contribution in [0.5, 0.6) is 0 Å². The number of carbonyl (C=O) groups is 2. The van der Waals surface area contributed by atoms with Crippen LogP contribution in [0.2, 0.25) is 0 Å². The molecule has 2 rings (SSSR count). The minimum atomic E-state index is -1.04. The van der Waals surface area contributed by atoms with Crippen LogP contribution < -0.4 is 0 Å². The zero-order valence-electron chi connectivity index (χ0n) is 11.2. The van der Waals surface area contributed by atoms with Crippen LogP contribution in [-0.4, -0.2) is 38.4 Å². The van der Waals surface area contributed by atoms with E-state index in [2.05, 4.69) is 0 Å². The lowest BCUT2D eigenvalue weighted by Gasteiger charge is -2.51. The fourth-order valence-corrected chi connectivity index (χ4v) is 2.66. The summed E-state index contributed by atoms with van der Waals surface area (Å²) in [5.74, 6) is -1.20. The van der Waals surface area contributed by atoms with Gasteiger partial charge in [0.15, 0.2) is 11.6 Å². The van der Waals surface area contributed by atoms with Crippen LogP contribution in [0.1, 0.15) is 32.6 Å². The highest BCUT2D eigenvalue weighted by Crippen LogP contribution is 2.55. The molecule has 18 heavy (non-hydrogen) atoms. The van der Waals surface area contributed by atoms with Crippen LogP contribution in [0.3, 0.4) is 0 Å². The number of carbonyl (C=O) groups excluding carboxylic acids is 2. The van der Waals surface area contributed by atoms with Gasteiger partial charge in [-0.15, -0.1) is 0 Å². The second kappa shape index (κ2) is 4.63. The van der Waals surface area contributed by atoms with Crippen molar-refractivity contribution in [3.05, 3.63) is 0 Å². The smallest absolute Gasteiger partial charge is 0.320 e. The first kappa shape index (κ1) is 13.5. The Hall–Kier alpha value is -0.940. The molecule has 5 heteroatoms. The van der Waals surface area contributed by atoms with Crippen molar-refractivity contribution in [3.8, 4) is 0 Å². The number of Topliss-reactive ketones (excluding diaryl/α,β-unsaturated/α-hetero) is 1. The van der Waals surface area contributed by atoms with Crippen molar-refractivity contribution in [2.75, 3.05) is 20.8 Å². The molecule has 0 aromatic heterocycles. The zero-order valence-corrected chi connectivity index (χ0v) is 11.2. The zero-order chi connectivity index (χ0) is 13.4. The minimum absolute atomic E-state index is 0.00525. The highest BCUT2D eigenvalue weighted by atomic mass is 16.7. The number of methoxy groups -OCH3 is 2. The van der Waals surface area contributed by atoms with Gasteiger partial charge in [0.25, 0.3) is 0 Å². The summed E-state index contributed by atoms with van der Waals surface area (Å²) in [7, 11) is 3.06. The molecule has 0 amide bonds. The second-order valence-corrected chi connectivity index (χ2v) is 5.11. The first-order valence-electron chi connectivity index (χ1n) is 6.35. The number of rotatable bonds is 6. The van der Waals surface area contributed by atoms with Crippen molar-refractivity contribution < 1.29 is 23.8 Å². The Morgan fingerprint density at radius 2 is 1.72 bits per heavy atom. The van der Waals surface area contributed by atoms with Crippen LogP contribution in [0.25, 0.3) is 0 Å². The van der Waals surface area contributed by atoms with Gasteiger partial charge in [0.2, 0.25) is 0 Å². The van der Waals surface area contributed by atoms with E-state index < -0.39 is 17.2 Å². The van der Waals surface area contributed by atoms with E-state index in [-0.39, 0.29) is 31.1 Å². The Morgan fingerprint density at radius 1 is 1.17 bits per heavy atom. The van der Waals surface area contributed by atoms with E-state index in [0.29, 0.717) is 0 Å². The molecular weight excluding hydrogens is 236 g/mol. The Bertz CT molecular complexity index is 346. The maximum Gasteiger partial charge on any atom is 0.320 e. The first-order valence-corrected chi connectivity index (χ1v) is 6.35. The van der Waals surface area contributed by atoms with Gasteiger partial charge in [-0.2, -0.15) is 0 Å². The molecule has 0 heterocycles. The Kier molecular flexibility index (Phi) is 3.47. The SMILES string of the molecule is CCOC(=O)C1(C(=O)C2CC2)CC(OC)(OC)C1. The van der Waals surface area contributed by atoms with E-state index in [0.717, 1.165) is 12.8 Å². The summed E-state index contributed by atoms with van der Waals surface area (Å²) in [5, 5.41) is 0. The lowest BCUT2D eigenvalue weighted by molar-refractivity contribution is -0.289. The Balaban J connectivity index is 2.16. The molecule has 2 aliphatic carbocycles. The highest BCUT2D eigenvalue weighted by Gasteiger charge is 2.67. The largest absolute Gasteiger partial charge is 0.465 e. The van der Waals surface area contributed by atoms with Crippen molar-refractivity contribution in [1.29, 1.82) is 0 Å². The summed E-state index contributed by atoms with van der Waals surface area (Å²) >= 11 is 0. The Labute approximate surface area is 107 Å². The molecule has 2 fully saturated rings. The standard InChI is InChI=1S/C13H20O5/c1-4-18-11(15)12(10(14)9-5-6-9)7-13(8-12,16-2)17-3/h9H,4-8H2,1-3H3. The molecule has 2 aliphatic rings. The van der Waals surface area contributed by atoms with Gasteiger partial charge < -0.3 is 14.2 Å². The minimum Gasteiger partial charge on any atom is -0.465 e. The fourth-order valence-electron chi connectivity index (χ4n) is 2.66. The van der Waals surface area contributed by atoms with Gasteiger partial charge in [0.05, 0.1) is 6.61 Å². The molecule has 0 aromatic rings. The molecular formula is C13H20O5. The number of hydrogen-bond acceptors (Lipinski definition) is 5. The van der Waals surface area contributed by atoms with E-state index in [1.54, 1.807) is 6.92 Å². The van der Waals surface area contributed by atoms with Crippen molar-refractivity contribution in [1.82, 2.24) is 0 Å². The average molecular weight is 256 g/mol. The molecule has 2 saturated carbocycles. The van der Waals surface area contributed by atoms with Crippen LogP contribution in [0.4, 0.5) is 0 Å². The van der Waals surface area contributed by atoms with Crippen LogP contribution in [-0.2, 0) is 23.8 Å². The lowest BCUT2D eigenvalue weighted by atomic mass is 9.60. The topological polar surface area (TPSA) is 61.8 Å². The average Bonchev–Trinajstić information content (AvgIpc) is 3.13. The van der Waals surface area contributed by atoms with Crippen molar-refractivity contribution in [2.45, 2.75) is 38.4 Å². The Morgan fingerprint density at radius 3 is 2.11 bits per heavy atom. The van der Waals surface area contributed by atoms with Crippen molar-refractivity contribution in [2.24, 2.45) is 11.3 Å². The first-order chi connectivity index (χ1) is 8.53. The number of ether oxygens (including phenoxy) is 3. The molecule has 0 unspecified atom stereocenters. The van der Waals surface area contributed by atoms with E-state index in [9.17, 15) is 9.59 Å². The molecule has 5 nitrogen and oxygen atoms in total. The molecule has 0 atom stereocenters. The maximum atomic E-state index is 12.3. The number of esters is 1. The molecule has 0 aromatic carbocycles. The van der Waals surface area contributed by atoms with Crippen molar-refractivity contribution >= 4 is 11.8 Å². The predicted molar refractivity (Wildman–Crippen MR) is 62.8 cm³/mol. The summed E-state index contributed by atoms with van der Waals surface area (Å²) in [6, 6.07) is 0. The molecule has 0 spiro atoms. The predicted octanol–water partition coefficient (Wildman–Crippen LogP) is 1.30. The highest BCUT2D eigenvalue weighted by molar-refractivity contribution is 6.07. The van der Waals surface area contributed by atoms with Crippen molar-refractivity contribution in [3.63, 3.8) is 0 Å². The van der Waals surface area contributed by atoms with Gasteiger partial charge in [-0.3, -0.25) is 9.59 Å². The van der Waals surface area contributed by atoms with Gasteiger partial charge in [-0.25, -0.2) is 0 Å². The number of ketones is 1. The van der Waals surface area contributed by atoms with Crippen LogP contribution >= 0.6 is 0 Å². The van der Waals surface area contributed by atoms with E-state index in [4.69, 9.17) is 14.2 Å². The van der Waals surface area contributed by atoms with Gasteiger partial charge in [0, 0.05) is 33.0 Å². The molecule has 0 radical (unpaired) electrons. The normalized spacial score (nSPS) is 24.2. The summed E-state index contributed by atoms with van der Waals surface area (Å²) in [6.45, 7) is 2.03. The van der Waals surface area contributed by atoms with Gasteiger partial charge in [-0.05, 0) is 19.8 Å². The molecule has 102 valence electrons. The second-order valence-electron chi connectivity index (χ2n) is 5.11. The van der Waals surface area contributed by atoms with Gasteiger partial charge in [0.1, 0.15) is 5.41 Å². The van der Waals surface area contributed by atoms with Gasteiger partial charge >= 0.3 is 5.97 Å². The monoisotopic (exact) mass is 256 g/mol. The molecule has 0 saturated heterocycles. The number of hydrogen-bond donors (Lipinski definition) is 0. The summed E-state index contributed by atoms with van der Waals surface area (Å²) in [4.78, 5) is 24.4. The maximum absolute atomic E-state index is 12.3. The quantitative estimate of drug-likeness (QED) is 0.407. The van der Waals surface area contributed by atoms with E-state index >= 15 is 0 Å². The molecule has 0 N–H and O–H groups in total. The summed E-state index contributed by atoms with van der Waals surface area (Å²) in [6.07, 6.45) is 2.29. The third kappa shape index (κ3) is 1.95. The van der Waals surface area contributed by atoms with Crippen LogP contribution in [0, 0.1) is 11.3 Å². The van der Waals surface area contributed by atoms with Crippen LogP contribution in [0.15, 0.2) is 0 Å². The molecule has 0 aliphatic heterocycles. The van der Waals surface area contributed by atoms with E-state index in [1.807, 2.05) is 0 Å². The lowest BCUT2D eigenvalue weighted by Crippen LogP contribution is -2.62. The third-order valence-electron chi connectivity index (χ3n) is 3.97. The third-order valence-corrected chi connectivity index (χ3v) is 3.97. The van der Waals surface area contributed by atoms with Gasteiger partial charge in [-0.1, -0.05) is 0 Å². The summed E-state index contributed by atoms with van der Waals surface area (Å²) in [5.41, 5.74) is -1.04. The molecule has 0 bridgehead atoms. The summed E-state index contributed by atoms with van der Waals surface area (Å²) < 4.78 is 15.6. The fraction of sp³-hybridized carbons (Fsp3) is 0.846.